The highest BCUT2D eigenvalue weighted by atomic mass is 79.9. The molecule has 0 unspecified atom stereocenters. The van der Waals surface area contributed by atoms with E-state index in [1.807, 2.05) is 36.4 Å². The molecule has 6 heteroatoms. The predicted molar refractivity (Wildman–Crippen MR) is 77.3 cm³/mol. The van der Waals surface area contributed by atoms with Crippen LogP contribution in [0.15, 0.2) is 53.5 Å². The minimum absolute atomic E-state index is 0.695. The van der Waals surface area contributed by atoms with E-state index in [1.54, 1.807) is 10.9 Å². The lowest BCUT2D eigenvalue weighted by molar-refractivity contribution is 0.879. The van der Waals surface area contributed by atoms with E-state index in [9.17, 15) is 0 Å². The van der Waals surface area contributed by atoms with E-state index in [-0.39, 0.29) is 0 Å². The van der Waals surface area contributed by atoms with Gasteiger partial charge in [-0.15, -0.1) is 0 Å². The lowest BCUT2D eigenvalue weighted by Gasteiger charge is -2.05. The van der Waals surface area contributed by atoms with Gasteiger partial charge in [0.25, 0.3) is 0 Å². The summed E-state index contributed by atoms with van der Waals surface area (Å²) < 4.78 is 2.52. The Morgan fingerprint density at radius 2 is 1.79 bits per heavy atom. The minimum Gasteiger partial charge on any atom is -0.247 e. The maximum Gasteiger partial charge on any atom is 0.163 e. The minimum atomic E-state index is 0.695. The van der Waals surface area contributed by atoms with Gasteiger partial charge in [-0.1, -0.05) is 11.6 Å². The Morgan fingerprint density at radius 1 is 1.00 bits per heavy atom. The molecule has 3 aromatic rings. The molecule has 3 rings (SSSR count). The van der Waals surface area contributed by atoms with Crippen molar-refractivity contribution < 1.29 is 0 Å². The predicted octanol–water partition coefficient (Wildman–Crippen LogP) is 3.75. The molecule has 19 heavy (non-hydrogen) atoms. The first-order chi connectivity index (χ1) is 9.24. The molecule has 0 saturated carbocycles. The summed E-state index contributed by atoms with van der Waals surface area (Å²) in [6.07, 6.45) is 3.25. The smallest absolute Gasteiger partial charge is 0.163 e. The normalized spacial score (nSPS) is 10.6. The van der Waals surface area contributed by atoms with Crippen LogP contribution in [0.1, 0.15) is 0 Å². The summed E-state index contributed by atoms with van der Waals surface area (Å²) in [6.45, 7) is 0. The van der Waals surface area contributed by atoms with Gasteiger partial charge in [-0.25, -0.2) is 14.6 Å². The largest absolute Gasteiger partial charge is 0.247 e. The van der Waals surface area contributed by atoms with Gasteiger partial charge in [0.05, 0.1) is 11.9 Å². The van der Waals surface area contributed by atoms with Gasteiger partial charge in [-0.05, 0) is 52.3 Å². The number of rotatable bonds is 2. The molecule has 4 nitrogen and oxygen atoms in total. The van der Waals surface area contributed by atoms with Crippen LogP contribution in [0.2, 0.25) is 5.02 Å². The maximum atomic E-state index is 5.89. The van der Waals surface area contributed by atoms with Crippen molar-refractivity contribution in [1.82, 2.24) is 19.7 Å². The Morgan fingerprint density at radius 3 is 2.47 bits per heavy atom. The van der Waals surface area contributed by atoms with Crippen LogP contribution < -0.4 is 0 Å². The van der Waals surface area contributed by atoms with Gasteiger partial charge in [0.1, 0.15) is 10.9 Å². The molecular weight excluding hydrogens is 328 g/mol. The fourth-order valence-corrected chi connectivity index (χ4v) is 2.08. The van der Waals surface area contributed by atoms with Crippen LogP contribution in [0.4, 0.5) is 0 Å². The van der Waals surface area contributed by atoms with Crippen molar-refractivity contribution in [1.29, 1.82) is 0 Å². The Balaban J connectivity index is 2.07. The van der Waals surface area contributed by atoms with E-state index in [0.29, 0.717) is 5.02 Å². The standard InChI is InChI=1S/C13H8BrClN4/c14-12-6-5-11(7-16-12)19-13(17-8-18-19)9-1-3-10(15)4-2-9/h1-8H. The molecule has 0 saturated heterocycles. The molecule has 94 valence electrons. The van der Waals surface area contributed by atoms with Gasteiger partial charge in [0.15, 0.2) is 5.82 Å². The highest BCUT2D eigenvalue weighted by Gasteiger charge is 2.09. The van der Waals surface area contributed by atoms with Crippen molar-refractivity contribution >= 4 is 27.5 Å². The molecule has 0 aliphatic rings. The third kappa shape index (κ3) is 2.52. The number of aromatic nitrogens is 4. The lowest BCUT2D eigenvalue weighted by Crippen LogP contribution is -2.00. The van der Waals surface area contributed by atoms with Crippen LogP contribution in [0, 0.1) is 0 Å². The number of pyridine rings is 1. The Labute approximate surface area is 123 Å². The van der Waals surface area contributed by atoms with E-state index < -0.39 is 0 Å². The number of nitrogens with zero attached hydrogens (tertiary/aromatic N) is 4. The Bertz CT molecular complexity index is 631. The van der Waals surface area contributed by atoms with Gasteiger partial charge >= 0.3 is 0 Å². The fourth-order valence-electron chi connectivity index (χ4n) is 1.72. The van der Waals surface area contributed by atoms with Crippen molar-refractivity contribution in [3.63, 3.8) is 0 Å². The molecule has 2 aromatic heterocycles. The zero-order valence-electron chi connectivity index (χ0n) is 9.66. The highest BCUT2D eigenvalue weighted by molar-refractivity contribution is 9.10. The first kappa shape index (κ1) is 12.3. The van der Waals surface area contributed by atoms with Gasteiger partial charge in [0, 0.05) is 10.6 Å². The van der Waals surface area contributed by atoms with Crippen LogP contribution in [-0.2, 0) is 0 Å². The van der Waals surface area contributed by atoms with Crippen LogP contribution >= 0.6 is 27.5 Å². The number of benzene rings is 1. The Hall–Kier alpha value is -1.72. The third-order valence-corrected chi connectivity index (χ3v) is 3.33. The van der Waals surface area contributed by atoms with Crippen molar-refractivity contribution in [3.05, 3.63) is 58.5 Å². The summed E-state index contributed by atoms with van der Waals surface area (Å²) in [7, 11) is 0. The summed E-state index contributed by atoms with van der Waals surface area (Å²) in [5, 5.41) is 4.93. The SMILES string of the molecule is Clc1ccc(-c2ncnn2-c2ccc(Br)nc2)cc1. The van der Waals surface area contributed by atoms with Crippen LogP contribution in [0.5, 0.6) is 0 Å². The van der Waals surface area contributed by atoms with E-state index in [4.69, 9.17) is 11.6 Å². The van der Waals surface area contributed by atoms with Crippen LogP contribution in [0.25, 0.3) is 17.1 Å². The maximum absolute atomic E-state index is 5.89. The monoisotopic (exact) mass is 334 g/mol. The molecule has 0 aliphatic carbocycles. The van der Waals surface area contributed by atoms with Gasteiger partial charge in [-0.3, -0.25) is 0 Å². The summed E-state index contributed by atoms with van der Waals surface area (Å²) >= 11 is 9.20. The molecule has 0 aliphatic heterocycles. The highest BCUT2D eigenvalue weighted by Crippen LogP contribution is 2.22. The van der Waals surface area contributed by atoms with Crippen molar-refractivity contribution in [2.75, 3.05) is 0 Å². The zero-order chi connectivity index (χ0) is 13.2. The number of hydrogen-bond donors (Lipinski definition) is 0. The summed E-state index contributed by atoms with van der Waals surface area (Å²) in [5.41, 5.74) is 1.80. The molecule has 2 heterocycles. The van der Waals surface area contributed by atoms with Crippen molar-refractivity contribution in [2.24, 2.45) is 0 Å². The molecule has 0 bridgehead atoms. The van der Waals surface area contributed by atoms with Crippen LogP contribution in [0.3, 0.4) is 0 Å². The summed E-state index contributed by atoms with van der Waals surface area (Å²) in [6, 6.07) is 11.3. The first-order valence-electron chi connectivity index (χ1n) is 5.52. The molecule has 0 fully saturated rings. The van der Waals surface area contributed by atoms with Crippen molar-refractivity contribution in [2.45, 2.75) is 0 Å². The van der Waals surface area contributed by atoms with E-state index >= 15 is 0 Å². The van der Waals surface area contributed by atoms with E-state index in [2.05, 4.69) is 31.0 Å². The summed E-state index contributed by atoms with van der Waals surface area (Å²) in [5.74, 6) is 0.751. The zero-order valence-corrected chi connectivity index (χ0v) is 12.0. The molecule has 0 amide bonds. The Kier molecular flexibility index (Phi) is 3.31. The first-order valence-corrected chi connectivity index (χ1v) is 6.69. The second-order valence-corrected chi connectivity index (χ2v) is 5.09. The second kappa shape index (κ2) is 5.11. The van der Waals surface area contributed by atoms with E-state index in [1.165, 1.54) is 6.33 Å². The lowest BCUT2D eigenvalue weighted by atomic mass is 10.2. The number of halogens is 2. The quantitative estimate of drug-likeness (QED) is 0.670. The molecular formula is C13H8BrClN4. The molecule has 0 radical (unpaired) electrons. The van der Waals surface area contributed by atoms with E-state index in [0.717, 1.165) is 21.7 Å². The molecule has 0 spiro atoms. The average molecular weight is 336 g/mol. The second-order valence-electron chi connectivity index (χ2n) is 3.84. The average Bonchev–Trinajstić information content (AvgIpc) is 2.90. The third-order valence-electron chi connectivity index (χ3n) is 2.61. The fraction of sp³-hybridized carbons (Fsp3) is 0. The molecule has 0 N–H and O–H groups in total. The van der Waals surface area contributed by atoms with Gasteiger partial charge < -0.3 is 0 Å². The van der Waals surface area contributed by atoms with Crippen molar-refractivity contribution in [3.8, 4) is 17.1 Å². The number of hydrogen-bond acceptors (Lipinski definition) is 3. The van der Waals surface area contributed by atoms with Gasteiger partial charge in [0.2, 0.25) is 0 Å². The van der Waals surface area contributed by atoms with Gasteiger partial charge in [-0.2, -0.15) is 5.10 Å². The van der Waals surface area contributed by atoms with Crippen LogP contribution in [-0.4, -0.2) is 19.7 Å². The molecule has 0 atom stereocenters. The molecule has 1 aromatic carbocycles. The topological polar surface area (TPSA) is 43.6 Å². The summed E-state index contributed by atoms with van der Waals surface area (Å²) in [4.78, 5) is 8.48.